The molecule has 0 atom stereocenters. The Hall–Kier alpha value is -1.40. The highest BCUT2D eigenvalue weighted by atomic mass is 79.9. The third-order valence-corrected chi connectivity index (χ3v) is 4.70. The summed E-state index contributed by atoms with van der Waals surface area (Å²) < 4.78 is 19.4. The topological polar surface area (TPSA) is 46.5 Å². The molecule has 6 heteroatoms. The van der Waals surface area contributed by atoms with E-state index >= 15 is 0 Å². The second kappa shape index (κ2) is 6.37. The number of carboxylic acids is 1. The minimum Gasteiger partial charge on any atom is -0.487 e. The second-order valence-corrected chi connectivity index (χ2v) is 6.08. The van der Waals surface area contributed by atoms with E-state index in [1.165, 1.54) is 23.5 Å². The zero-order chi connectivity index (χ0) is 14.7. The molecule has 0 aliphatic heterocycles. The lowest BCUT2D eigenvalue weighted by Gasteiger charge is -2.07. The number of carboxylic acid groups (broad SMARTS) is 1. The average molecular weight is 359 g/mol. The van der Waals surface area contributed by atoms with E-state index in [2.05, 4.69) is 15.9 Å². The molecule has 2 rings (SSSR count). The molecule has 1 aromatic carbocycles. The van der Waals surface area contributed by atoms with Gasteiger partial charge >= 0.3 is 5.97 Å². The molecule has 3 nitrogen and oxygen atoms in total. The summed E-state index contributed by atoms with van der Waals surface area (Å²) in [5.41, 5.74) is 0.630. The fourth-order valence-electron chi connectivity index (χ4n) is 1.66. The van der Waals surface area contributed by atoms with Gasteiger partial charge in [0.15, 0.2) is 4.88 Å². The number of hydrogen-bond donors (Lipinski definition) is 1. The Labute approximate surface area is 128 Å². The van der Waals surface area contributed by atoms with Crippen molar-refractivity contribution < 1.29 is 19.0 Å². The summed E-state index contributed by atoms with van der Waals surface area (Å²) in [6.45, 7) is 2.06. The third kappa shape index (κ3) is 3.37. The molecular weight excluding hydrogens is 347 g/mol. The van der Waals surface area contributed by atoms with Crippen LogP contribution in [0.1, 0.15) is 27.0 Å². The maximum atomic E-state index is 13.2. The summed E-state index contributed by atoms with van der Waals surface area (Å²) in [6, 6.07) is 6.02. The molecule has 0 aliphatic carbocycles. The van der Waals surface area contributed by atoms with Crippen LogP contribution in [0, 0.1) is 5.82 Å². The van der Waals surface area contributed by atoms with Crippen LogP contribution >= 0.6 is 27.3 Å². The highest BCUT2D eigenvalue weighted by Gasteiger charge is 2.16. The SMILES string of the molecule is CCc1cc(OCc2cc(F)ccc2Br)c(C(=O)O)s1. The molecule has 0 unspecified atom stereocenters. The minimum absolute atomic E-state index is 0.110. The molecule has 2 aromatic rings. The molecule has 20 heavy (non-hydrogen) atoms. The minimum atomic E-state index is -1.01. The number of benzene rings is 1. The Balaban J connectivity index is 2.20. The van der Waals surface area contributed by atoms with Gasteiger partial charge in [0.25, 0.3) is 0 Å². The first-order valence-corrected chi connectivity index (χ1v) is 7.55. The smallest absolute Gasteiger partial charge is 0.349 e. The molecule has 1 aromatic heterocycles. The van der Waals surface area contributed by atoms with Crippen molar-refractivity contribution in [3.63, 3.8) is 0 Å². The van der Waals surface area contributed by atoms with E-state index in [4.69, 9.17) is 9.84 Å². The Kier molecular flexibility index (Phi) is 4.77. The van der Waals surface area contributed by atoms with Gasteiger partial charge in [-0.2, -0.15) is 0 Å². The maximum Gasteiger partial charge on any atom is 0.349 e. The number of aryl methyl sites for hydroxylation is 1. The Morgan fingerprint density at radius 2 is 2.20 bits per heavy atom. The van der Waals surface area contributed by atoms with Crippen LogP contribution in [-0.4, -0.2) is 11.1 Å². The molecule has 0 saturated heterocycles. The maximum absolute atomic E-state index is 13.2. The van der Waals surface area contributed by atoms with Gasteiger partial charge in [-0.15, -0.1) is 11.3 Å². The van der Waals surface area contributed by atoms with E-state index in [-0.39, 0.29) is 17.3 Å². The summed E-state index contributed by atoms with van der Waals surface area (Å²) in [5.74, 6) is -1.04. The largest absolute Gasteiger partial charge is 0.487 e. The molecule has 1 heterocycles. The number of aromatic carboxylic acids is 1. The van der Waals surface area contributed by atoms with Gasteiger partial charge in [0.05, 0.1) is 0 Å². The molecule has 0 saturated carbocycles. The lowest BCUT2D eigenvalue weighted by atomic mass is 10.2. The van der Waals surface area contributed by atoms with Gasteiger partial charge in [0.1, 0.15) is 18.2 Å². The van der Waals surface area contributed by atoms with Gasteiger partial charge in [-0.25, -0.2) is 9.18 Å². The second-order valence-electron chi connectivity index (χ2n) is 4.09. The fourth-order valence-corrected chi connectivity index (χ4v) is 2.90. The van der Waals surface area contributed by atoms with Crippen LogP contribution in [0.2, 0.25) is 0 Å². The summed E-state index contributed by atoms with van der Waals surface area (Å²) >= 11 is 4.51. The van der Waals surface area contributed by atoms with E-state index in [1.807, 2.05) is 6.92 Å². The summed E-state index contributed by atoms with van der Waals surface area (Å²) in [7, 11) is 0. The van der Waals surface area contributed by atoms with Crippen LogP contribution in [0.4, 0.5) is 4.39 Å². The first-order valence-electron chi connectivity index (χ1n) is 5.94. The quantitative estimate of drug-likeness (QED) is 0.856. The van der Waals surface area contributed by atoms with Crippen molar-refractivity contribution in [3.8, 4) is 5.75 Å². The van der Waals surface area contributed by atoms with Crippen molar-refractivity contribution in [2.75, 3.05) is 0 Å². The molecule has 0 bridgehead atoms. The summed E-state index contributed by atoms with van der Waals surface area (Å²) in [4.78, 5) is 12.3. The van der Waals surface area contributed by atoms with Crippen LogP contribution < -0.4 is 4.74 Å². The first-order chi connectivity index (χ1) is 9.51. The van der Waals surface area contributed by atoms with Gasteiger partial charge in [-0.1, -0.05) is 22.9 Å². The highest BCUT2D eigenvalue weighted by molar-refractivity contribution is 9.10. The number of halogens is 2. The van der Waals surface area contributed by atoms with Crippen molar-refractivity contribution in [1.82, 2.24) is 0 Å². The van der Waals surface area contributed by atoms with Crippen molar-refractivity contribution in [1.29, 1.82) is 0 Å². The molecule has 1 N–H and O–H groups in total. The van der Waals surface area contributed by atoms with E-state index in [0.29, 0.717) is 11.3 Å². The van der Waals surface area contributed by atoms with Gasteiger partial charge in [0, 0.05) is 14.9 Å². The van der Waals surface area contributed by atoms with E-state index in [1.54, 1.807) is 12.1 Å². The van der Waals surface area contributed by atoms with Crippen LogP contribution in [0.15, 0.2) is 28.7 Å². The fraction of sp³-hybridized carbons (Fsp3) is 0.214. The standard InChI is InChI=1S/C14H12BrFO3S/c1-2-10-6-12(13(20-10)14(17)18)19-7-8-5-9(16)3-4-11(8)15/h3-6H,2,7H2,1H3,(H,17,18). The van der Waals surface area contributed by atoms with Crippen LogP contribution in [-0.2, 0) is 13.0 Å². The zero-order valence-corrected chi connectivity index (χ0v) is 13.1. The van der Waals surface area contributed by atoms with Crippen molar-refractivity contribution >= 4 is 33.2 Å². The molecule has 0 fully saturated rings. The molecule has 0 spiro atoms. The Morgan fingerprint density at radius 3 is 2.85 bits per heavy atom. The van der Waals surface area contributed by atoms with E-state index < -0.39 is 5.97 Å². The molecule has 0 radical (unpaired) electrons. The normalized spacial score (nSPS) is 10.6. The summed E-state index contributed by atoms with van der Waals surface area (Å²) in [6.07, 6.45) is 0.748. The van der Waals surface area contributed by atoms with Crippen LogP contribution in [0.3, 0.4) is 0 Å². The molecular formula is C14H12BrFO3S. The van der Waals surface area contributed by atoms with Crippen LogP contribution in [0.25, 0.3) is 0 Å². The van der Waals surface area contributed by atoms with Gasteiger partial charge in [-0.05, 0) is 30.7 Å². The van der Waals surface area contributed by atoms with E-state index in [9.17, 15) is 9.18 Å². The monoisotopic (exact) mass is 358 g/mol. The molecule has 0 amide bonds. The lowest BCUT2D eigenvalue weighted by Crippen LogP contribution is -2.01. The highest BCUT2D eigenvalue weighted by Crippen LogP contribution is 2.31. The van der Waals surface area contributed by atoms with Crippen LogP contribution in [0.5, 0.6) is 5.75 Å². The molecule has 0 aliphatic rings. The van der Waals surface area contributed by atoms with Gasteiger partial charge in [0.2, 0.25) is 0 Å². The van der Waals surface area contributed by atoms with Gasteiger partial charge in [-0.3, -0.25) is 0 Å². The van der Waals surface area contributed by atoms with Crippen molar-refractivity contribution in [3.05, 3.63) is 49.9 Å². The third-order valence-electron chi connectivity index (χ3n) is 2.68. The number of ether oxygens (including phenoxy) is 1. The van der Waals surface area contributed by atoms with E-state index in [0.717, 1.165) is 15.8 Å². The first kappa shape index (κ1) is 15.0. The predicted octanol–water partition coefficient (Wildman–Crippen LogP) is 4.49. The van der Waals surface area contributed by atoms with Crippen molar-refractivity contribution in [2.45, 2.75) is 20.0 Å². The lowest BCUT2D eigenvalue weighted by molar-refractivity contribution is 0.0697. The van der Waals surface area contributed by atoms with Gasteiger partial charge < -0.3 is 9.84 Å². The average Bonchev–Trinajstić information content (AvgIpc) is 2.83. The molecule has 106 valence electrons. The number of rotatable bonds is 5. The number of thiophene rings is 1. The summed E-state index contributed by atoms with van der Waals surface area (Å²) in [5, 5.41) is 9.13. The Bertz CT molecular complexity index is 639. The number of carbonyl (C=O) groups is 1. The number of hydrogen-bond acceptors (Lipinski definition) is 3. The zero-order valence-electron chi connectivity index (χ0n) is 10.7. The van der Waals surface area contributed by atoms with Crippen molar-refractivity contribution in [2.24, 2.45) is 0 Å². The Morgan fingerprint density at radius 1 is 1.45 bits per heavy atom. The predicted molar refractivity (Wildman–Crippen MR) is 79.1 cm³/mol.